The zero-order valence-electron chi connectivity index (χ0n) is 10.6. The predicted molar refractivity (Wildman–Crippen MR) is 66.3 cm³/mol. The van der Waals surface area contributed by atoms with Gasteiger partial charge in [-0.25, -0.2) is 19.6 Å². The third-order valence-corrected chi connectivity index (χ3v) is 3.28. The van der Waals surface area contributed by atoms with E-state index in [2.05, 4.69) is 24.7 Å². The largest absolute Gasteiger partial charge is 0.315 e. The summed E-state index contributed by atoms with van der Waals surface area (Å²) < 4.78 is 26.5. The molecule has 1 aromatic rings. The van der Waals surface area contributed by atoms with Crippen LogP contribution in [0.25, 0.3) is 0 Å². The van der Waals surface area contributed by atoms with E-state index in [4.69, 9.17) is 5.73 Å². The lowest BCUT2D eigenvalue weighted by Gasteiger charge is -2.23. The predicted octanol–water partition coefficient (Wildman–Crippen LogP) is 2.06. The molecule has 1 heterocycles. The number of nitrogens with two attached hydrogens (primary N) is 1. The summed E-state index contributed by atoms with van der Waals surface area (Å²) in [5, 5.41) is 0. The minimum absolute atomic E-state index is 0.117. The molecule has 0 aliphatic carbocycles. The van der Waals surface area contributed by atoms with Crippen LogP contribution >= 0.6 is 0 Å². The van der Waals surface area contributed by atoms with Gasteiger partial charge in [0, 0.05) is 12.0 Å². The molecule has 1 aliphatic heterocycles. The van der Waals surface area contributed by atoms with Gasteiger partial charge in [0.2, 0.25) is 0 Å². The van der Waals surface area contributed by atoms with Crippen molar-refractivity contribution in [2.75, 3.05) is 0 Å². The molecule has 0 bridgehead atoms. The lowest BCUT2D eigenvalue weighted by Crippen LogP contribution is -2.39. The van der Waals surface area contributed by atoms with Gasteiger partial charge in [-0.2, -0.15) is 0 Å². The molecular formula is C13H19F2N3. The minimum atomic E-state index is -0.560. The molecule has 3 atom stereocenters. The summed E-state index contributed by atoms with van der Waals surface area (Å²) in [5.41, 5.74) is 12.5. The minimum Gasteiger partial charge on any atom is -0.315 e. The lowest BCUT2D eigenvalue weighted by molar-refractivity contribution is 0.343. The van der Waals surface area contributed by atoms with Crippen LogP contribution in [-0.2, 0) is 0 Å². The maximum Gasteiger partial charge on any atom is 0.126 e. The van der Waals surface area contributed by atoms with Crippen molar-refractivity contribution in [2.24, 2.45) is 17.6 Å². The normalized spacial score (nSPS) is 28.0. The highest BCUT2D eigenvalue weighted by Crippen LogP contribution is 2.32. The number of nitrogens with one attached hydrogen (secondary N) is 2. The van der Waals surface area contributed by atoms with Crippen LogP contribution in [0.5, 0.6) is 0 Å². The molecule has 100 valence electrons. The number of hydrogen-bond donors (Lipinski definition) is 3. The van der Waals surface area contributed by atoms with Crippen molar-refractivity contribution in [2.45, 2.75) is 32.5 Å². The topological polar surface area (TPSA) is 50.1 Å². The molecule has 1 aromatic carbocycles. The molecule has 4 N–H and O–H groups in total. The van der Waals surface area contributed by atoms with Crippen LogP contribution in [0.2, 0.25) is 0 Å². The number of benzene rings is 1. The molecular weight excluding hydrogens is 236 g/mol. The fourth-order valence-corrected chi connectivity index (χ4v) is 2.52. The molecule has 0 amide bonds. The van der Waals surface area contributed by atoms with E-state index in [9.17, 15) is 8.78 Å². The van der Waals surface area contributed by atoms with Gasteiger partial charge in [0.15, 0.2) is 0 Å². The molecule has 0 radical (unpaired) electrons. The van der Waals surface area contributed by atoms with Gasteiger partial charge in [0.25, 0.3) is 0 Å². The Labute approximate surface area is 106 Å². The first-order chi connectivity index (χ1) is 8.47. The molecule has 3 nitrogen and oxygen atoms in total. The van der Waals surface area contributed by atoms with Crippen LogP contribution in [0, 0.1) is 23.5 Å². The summed E-state index contributed by atoms with van der Waals surface area (Å²) in [5.74, 6) is -0.527. The number of hydrazine groups is 1. The molecule has 3 unspecified atom stereocenters. The van der Waals surface area contributed by atoms with Gasteiger partial charge >= 0.3 is 0 Å². The van der Waals surface area contributed by atoms with Crippen molar-refractivity contribution in [1.82, 2.24) is 10.9 Å². The Hall–Kier alpha value is -1.04. The van der Waals surface area contributed by atoms with Gasteiger partial charge < -0.3 is 5.73 Å². The summed E-state index contributed by atoms with van der Waals surface area (Å²) in [7, 11) is 0. The van der Waals surface area contributed by atoms with Crippen LogP contribution < -0.4 is 16.6 Å². The van der Waals surface area contributed by atoms with E-state index in [1.807, 2.05) is 0 Å². The van der Waals surface area contributed by atoms with E-state index in [0.29, 0.717) is 11.5 Å². The smallest absolute Gasteiger partial charge is 0.126 e. The second kappa shape index (κ2) is 5.30. The summed E-state index contributed by atoms with van der Waals surface area (Å²) in [6.07, 6.45) is 0.688. The maximum atomic E-state index is 13.2. The van der Waals surface area contributed by atoms with E-state index in [1.165, 1.54) is 12.1 Å². The Morgan fingerprint density at radius 1 is 1.17 bits per heavy atom. The van der Waals surface area contributed by atoms with E-state index in [-0.39, 0.29) is 18.1 Å². The molecule has 0 saturated carbocycles. The third-order valence-electron chi connectivity index (χ3n) is 3.28. The van der Waals surface area contributed by atoms with Gasteiger partial charge in [-0.15, -0.1) is 0 Å². The molecule has 1 fully saturated rings. The quantitative estimate of drug-likeness (QED) is 0.775. The molecule has 18 heavy (non-hydrogen) atoms. The third kappa shape index (κ3) is 2.85. The second-order valence-corrected chi connectivity index (χ2v) is 5.29. The molecule has 1 saturated heterocycles. The van der Waals surface area contributed by atoms with Gasteiger partial charge in [-0.1, -0.05) is 13.8 Å². The second-order valence-electron chi connectivity index (χ2n) is 5.29. The van der Waals surface area contributed by atoms with Crippen molar-refractivity contribution < 1.29 is 8.78 Å². The van der Waals surface area contributed by atoms with Crippen LogP contribution in [0.1, 0.15) is 31.9 Å². The standard InChI is InChI=1S/C13H19F2N3/c1-7(2)3-11-12(17-18-13(11)16)8-4-9(14)6-10(15)5-8/h4-7,11-13,17-18H,3,16H2,1-2H3. The van der Waals surface area contributed by atoms with E-state index in [1.54, 1.807) is 0 Å². The summed E-state index contributed by atoms with van der Waals surface area (Å²) in [4.78, 5) is 0. The zero-order chi connectivity index (χ0) is 13.3. The zero-order valence-corrected chi connectivity index (χ0v) is 10.6. The Balaban J connectivity index is 2.25. The lowest BCUT2D eigenvalue weighted by atomic mass is 9.86. The van der Waals surface area contributed by atoms with Gasteiger partial charge in [-0.3, -0.25) is 0 Å². The SMILES string of the molecule is CC(C)CC1C(N)NNC1c1cc(F)cc(F)c1. The van der Waals surface area contributed by atoms with Crippen LogP contribution in [-0.4, -0.2) is 6.17 Å². The Bertz CT molecular complexity index is 402. The molecule has 1 aliphatic rings. The Morgan fingerprint density at radius 2 is 1.78 bits per heavy atom. The molecule has 2 rings (SSSR count). The van der Waals surface area contributed by atoms with Gasteiger partial charge in [0.1, 0.15) is 11.6 Å². The highest BCUT2D eigenvalue weighted by molar-refractivity contribution is 5.23. The molecule has 0 aromatic heterocycles. The Morgan fingerprint density at radius 3 is 2.33 bits per heavy atom. The first-order valence-corrected chi connectivity index (χ1v) is 6.20. The van der Waals surface area contributed by atoms with E-state index < -0.39 is 11.6 Å². The van der Waals surface area contributed by atoms with Crippen LogP contribution in [0.15, 0.2) is 18.2 Å². The highest BCUT2D eigenvalue weighted by atomic mass is 19.1. The van der Waals surface area contributed by atoms with Crippen molar-refractivity contribution in [3.05, 3.63) is 35.4 Å². The first kappa shape index (κ1) is 13.4. The fourth-order valence-electron chi connectivity index (χ4n) is 2.52. The van der Waals surface area contributed by atoms with E-state index >= 15 is 0 Å². The summed E-state index contributed by atoms with van der Waals surface area (Å²) in [6.45, 7) is 4.21. The van der Waals surface area contributed by atoms with Gasteiger partial charge in [0.05, 0.1) is 12.2 Å². The monoisotopic (exact) mass is 255 g/mol. The van der Waals surface area contributed by atoms with Crippen molar-refractivity contribution in [3.63, 3.8) is 0 Å². The first-order valence-electron chi connectivity index (χ1n) is 6.20. The maximum absolute atomic E-state index is 13.2. The van der Waals surface area contributed by atoms with Crippen LogP contribution in [0.3, 0.4) is 0 Å². The number of rotatable bonds is 3. The summed E-state index contributed by atoms with van der Waals surface area (Å²) >= 11 is 0. The summed E-state index contributed by atoms with van der Waals surface area (Å²) in [6, 6.07) is 3.43. The highest BCUT2D eigenvalue weighted by Gasteiger charge is 2.35. The molecule has 5 heteroatoms. The number of halogens is 2. The number of hydrogen-bond acceptors (Lipinski definition) is 3. The van der Waals surface area contributed by atoms with Gasteiger partial charge in [-0.05, 0) is 30.0 Å². The van der Waals surface area contributed by atoms with Crippen molar-refractivity contribution in [3.8, 4) is 0 Å². The average molecular weight is 255 g/mol. The molecule has 0 spiro atoms. The Kier molecular flexibility index (Phi) is 3.94. The van der Waals surface area contributed by atoms with Crippen LogP contribution in [0.4, 0.5) is 8.78 Å². The van der Waals surface area contributed by atoms with Crippen molar-refractivity contribution >= 4 is 0 Å². The fraction of sp³-hybridized carbons (Fsp3) is 0.538. The van der Waals surface area contributed by atoms with E-state index in [0.717, 1.165) is 12.5 Å². The van der Waals surface area contributed by atoms with Crippen molar-refractivity contribution in [1.29, 1.82) is 0 Å². The average Bonchev–Trinajstić information content (AvgIpc) is 2.58.